The Labute approximate surface area is 185 Å². The topological polar surface area (TPSA) is 17.8 Å². The van der Waals surface area contributed by atoms with E-state index in [4.69, 9.17) is 4.98 Å². The van der Waals surface area contributed by atoms with Gasteiger partial charge in [0.2, 0.25) is 0 Å². The summed E-state index contributed by atoms with van der Waals surface area (Å²) in [6.07, 6.45) is 6.41. The minimum Gasteiger partial charge on any atom is -0.299 e. The molecule has 0 saturated heterocycles. The summed E-state index contributed by atoms with van der Waals surface area (Å²) in [5.41, 5.74) is 8.11. The summed E-state index contributed by atoms with van der Waals surface area (Å²) in [5, 5.41) is 0. The first-order chi connectivity index (χ1) is 14.9. The van der Waals surface area contributed by atoms with Crippen LogP contribution in [0.25, 0.3) is 28.2 Å². The van der Waals surface area contributed by atoms with Crippen molar-refractivity contribution in [3.8, 4) is 28.2 Å². The van der Waals surface area contributed by atoms with Crippen LogP contribution < -0.4 is 0 Å². The minimum absolute atomic E-state index is 0.155. The lowest BCUT2D eigenvalue weighted by Crippen LogP contribution is -2.34. The van der Waals surface area contributed by atoms with Gasteiger partial charge in [0.1, 0.15) is 5.82 Å². The summed E-state index contributed by atoms with van der Waals surface area (Å²) >= 11 is 0. The average molecular weight is 407 g/mol. The summed E-state index contributed by atoms with van der Waals surface area (Å²) in [5.74, 6) is 0.977. The van der Waals surface area contributed by atoms with Gasteiger partial charge in [-0.3, -0.25) is 4.57 Å². The van der Waals surface area contributed by atoms with Crippen LogP contribution >= 0.6 is 0 Å². The second-order valence-electron chi connectivity index (χ2n) is 10.0. The maximum Gasteiger partial charge on any atom is 0.144 e. The molecule has 1 aliphatic rings. The summed E-state index contributed by atoms with van der Waals surface area (Å²) in [6, 6.07) is 26.1. The van der Waals surface area contributed by atoms with Crippen molar-refractivity contribution in [3.05, 3.63) is 96.3 Å². The molecule has 0 saturated carbocycles. The highest BCUT2D eigenvalue weighted by atomic mass is 15.1. The summed E-state index contributed by atoms with van der Waals surface area (Å²) in [4.78, 5) is 4.74. The van der Waals surface area contributed by atoms with Crippen LogP contribution in [-0.2, 0) is 10.8 Å². The molecular formula is C29H30N2. The van der Waals surface area contributed by atoms with Gasteiger partial charge >= 0.3 is 0 Å². The number of nitrogens with zero attached hydrogens (tertiary/aromatic N) is 2. The van der Waals surface area contributed by atoms with Crippen LogP contribution in [0.4, 0.5) is 0 Å². The molecule has 0 N–H and O–H groups in total. The largest absolute Gasteiger partial charge is 0.299 e. The van der Waals surface area contributed by atoms with E-state index in [-0.39, 0.29) is 10.8 Å². The molecule has 156 valence electrons. The third kappa shape index (κ3) is 3.40. The fourth-order valence-corrected chi connectivity index (χ4v) is 4.95. The molecular weight excluding hydrogens is 376 g/mol. The Morgan fingerprint density at radius 2 is 1.26 bits per heavy atom. The maximum atomic E-state index is 4.74. The van der Waals surface area contributed by atoms with Crippen LogP contribution in [0.1, 0.15) is 51.7 Å². The van der Waals surface area contributed by atoms with E-state index in [0.29, 0.717) is 0 Å². The molecule has 5 rings (SSSR count). The van der Waals surface area contributed by atoms with E-state index in [2.05, 4.69) is 111 Å². The smallest absolute Gasteiger partial charge is 0.144 e. The van der Waals surface area contributed by atoms with Gasteiger partial charge in [-0.2, -0.15) is 0 Å². The Hall–Kier alpha value is -3.13. The third-order valence-electron chi connectivity index (χ3n) is 6.99. The molecule has 1 aliphatic carbocycles. The number of hydrogen-bond acceptors (Lipinski definition) is 1. The molecule has 0 atom stereocenters. The van der Waals surface area contributed by atoms with Crippen molar-refractivity contribution in [2.45, 2.75) is 51.4 Å². The predicted molar refractivity (Wildman–Crippen MR) is 130 cm³/mol. The number of benzene rings is 3. The van der Waals surface area contributed by atoms with Crippen molar-refractivity contribution in [1.29, 1.82) is 0 Å². The van der Waals surface area contributed by atoms with Gasteiger partial charge in [0.15, 0.2) is 0 Å². The molecule has 0 unspecified atom stereocenters. The Balaban J connectivity index is 1.82. The molecule has 1 heterocycles. The highest BCUT2D eigenvalue weighted by molar-refractivity contribution is 5.77. The van der Waals surface area contributed by atoms with Crippen molar-refractivity contribution >= 4 is 0 Å². The maximum absolute atomic E-state index is 4.74. The molecule has 3 aromatic carbocycles. The Morgan fingerprint density at radius 1 is 0.710 bits per heavy atom. The Bertz CT molecular complexity index is 1210. The average Bonchev–Trinajstić information content (AvgIpc) is 3.27. The molecule has 1 aromatic heterocycles. The molecule has 0 aliphatic heterocycles. The van der Waals surface area contributed by atoms with Crippen LogP contribution in [0.3, 0.4) is 0 Å². The van der Waals surface area contributed by atoms with Gasteiger partial charge in [0.25, 0.3) is 0 Å². The van der Waals surface area contributed by atoms with Gasteiger partial charge < -0.3 is 0 Å². The van der Waals surface area contributed by atoms with Crippen LogP contribution in [0, 0.1) is 0 Å². The number of hydrogen-bond donors (Lipinski definition) is 0. The van der Waals surface area contributed by atoms with Gasteiger partial charge in [-0.25, -0.2) is 4.98 Å². The van der Waals surface area contributed by atoms with E-state index < -0.39 is 0 Å². The summed E-state index contributed by atoms with van der Waals surface area (Å²) in [7, 11) is 0. The zero-order valence-electron chi connectivity index (χ0n) is 18.9. The quantitative estimate of drug-likeness (QED) is 0.343. The van der Waals surface area contributed by atoms with Crippen LogP contribution in [-0.4, -0.2) is 9.55 Å². The van der Waals surface area contributed by atoms with Gasteiger partial charge in [-0.05, 0) is 52.5 Å². The fourth-order valence-electron chi connectivity index (χ4n) is 4.95. The van der Waals surface area contributed by atoms with Crippen molar-refractivity contribution in [1.82, 2.24) is 9.55 Å². The van der Waals surface area contributed by atoms with Gasteiger partial charge in [0, 0.05) is 23.5 Å². The molecule has 2 nitrogen and oxygen atoms in total. The van der Waals surface area contributed by atoms with Crippen molar-refractivity contribution in [2.24, 2.45) is 0 Å². The van der Waals surface area contributed by atoms with E-state index >= 15 is 0 Å². The lowest BCUT2D eigenvalue weighted by molar-refractivity contribution is 0.332. The van der Waals surface area contributed by atoms with E-state index in [1.165, 1.54) is 40.8 Å². The van der Waals surface area contributed by atoms with Crippen molar-refractivity contribution in [2.75, 3.05) is 0 Å². The Morgan fingerprint density at radius 3 is 1.87 bits per heavy atom. The molecule has 4 aromatic rings. The SMILES string of the molecule is CC1(C)CCC(C)(C)c2cc(-n3ccnc3-c3ccccc3)c(-c3ccccc3)cc21. The molecule has 0 spiro atoms. The molecule has 2 heteroatoms. The lowest BCUT2D eigenvalue weighted by atomic mass is 9.62. The second-order valence-corrected chi connectivity index (χ2v) is 10.0. The normalized spacial score (nSPS) is 16.6. The van der Waals surface area contributed by atoms with E-state index in [9.17, 15) is 0 Å². The number of aromatic nitrogens is 2. The van der Waals surface area contributed by atoms with Crippen LogP contribution in [0.2, 0.25) is 0 Å². The number of fused-ring (bicyclic) bond motifs is 1. The van der Waals surface area contributed by atoms with Gasteiger partial charge in [-0.1, -0.05) is 88.4 Å². The summed E-state index contributed by atoms with van der Waals surface area (Å²) in [6.45, 7) is 9.56. The zero-order chi connectivity index (χ0) is 21.6. The summed E-state index contributed by atoms with van der Waals surface area (Å²) < 4.78 is 2.26. The van der Waals surface area contributed by atoms with Crippen LogP contribution in [0.15, 0.2) is 85.2 Å². The van der Waals surface area contributed by atoms with E-state index in [1.54, 1.807) is 0 Å². The molecule has 31 heavy (non-hydrogen) atoms. The predicted octanol–water partition coefficient (Wildman–Crippen LogP) is 7.56. The van der Waals surface area contributed by atoms with Gasteiger partial charge in [-0.15, -0.1) is 0 Å². The van der Waals surface area contributed by atoms with E-state index in [0.717, 1.165) is 11.4 Å². The highest BCUT2D eigenvalue weighted by Crippen LogP contribution is 2.48. The zero-order valence-corrected chi connectivity index (χ0v) is 18.9. The van der Waals surface area contributed by atoms with E-state index in [1.807, 2.05) is 6.20 Å². The second kappa shape index (κ2) is 7.23. The Kier molecular flexibility index (Phi) is 4.62. The van der Waals surface area contributed by atoms with Gasteiger partial charge in [0.05, 0.1) is 5.69 Å². The first-order valence-electron chi connectivity index (χ1n) is 11.2. The highest BCUT2D eigenvalue weighted by Gasteiger charge is 2.38. The fraction of sp³-hybridized carbons (Fsp3) is 0.276. The minimum atomic E-state index is 0.155. The standard InChI is InChI=1S/C29H30N2/c1-28(2)15-16-29(3,4)25-20-26(23(19-24(25)28)21-11-7-5-8-12-21)31-18-17-30-27(31)22-13-9-6-10-14-22/h5-14,17-20H,15-16H2,1-4H3. The van der Waals surface area contributed by atoms with Crippen LogP contribution in [0.5, 0.6) is 0 Å². The molecule has 0 bridgehead atoms. The number of rotatable bonds is 3. The number of imidazole rings is 1. The third-order valence-corrected chi connectivity index (χ3v) is 6.99. The monoisotopic (exact) mass is 406 g/mol. The van der Waals surface area contributed by atoms with Crippen molar-refractivity contribution < 1.29 is 0 Å². The first kappa shape index (κ1) is 19.8. The molecule has 0 fully saturated rings. The lowest BCUT2D eigenvalue weighted by Gasteiger charge is -2.42. The first-order valence-corrected chi connectivity index (χ1v) is 11.2. The molecule has 0 radical (unpaired) electrons. The van der Waals surface area contributed by atoms with Crippen molar-refractivity contribution in [3.63, 3.8) is 0 Å². The molecule has 0 amide bonds.